The number of hydrogen-bond donors (Lipinski definition) is 1. The summed E-state index contributed by atoms with van der Waals surface area (Å²) in [5, 5.41) is 3.10. The van der Waals surface area contributed by atoms with Crippen LogP contribution in [0, 0.1) is 0 Å². The van der Waals surface area contributed by atoms with Gasteiger partial charge >= 0.3 is 0 Å². The van der Waals surface area contributed by atoms with Crippen molar-refractivity contribution in [2.45, 2.75) is 31.2 Å². The molecule has 0 unspecified atom stereocenters. The zero-order chi connectivity index (χ0) is 10.4. The van der Waals surface area contributed by atoms with Gasteiger partial charge in [-0.25, -0.2) is 0 Å². The van der Waals surface area contributed by atoms with Gasteiger partial charge in [0.1, 0.15) is 0 Å². The maximum Gasteiger partial charge on any atom is 0.251 e. The lowest BCUT2D eigenvalue weighted by atomic mass is 9.86. The molecule has 1 aromatic rings. The summed E-state index contributed by atoms with van der Waals surface area (Å²) in [7, 11) is 0. The predicted molar refractivity (Wildman–Crippen MR) is 62.0 cm³/mol. The van der Waals surface area contributed by atoms with E-state index in [1.54, 1.807) is 0 Å². The first-order valence-electron chi connectivity index (χ1n) is 5.36. The first-order chi connectivity index (χ1) is 7.25. The molecule has 1 saturated carbocycles. The highest BCUT2D eigenvalue weighted by Gasteiger charge is 2.36. The van der Waals surface area contributed by atoms with Crippen LogP contribution >= 0.6 is 15.9 Å². The normalized spacial score (nSPS) is 28.2. The van der Waals surface area contributed by atoms with Gasteiger partial charge in [0.15, 0.2) is 0 Å². The molecule has 0 spiro atoms. The van der Waals surface area contributed by atoms with Crippen LogP contribution in [0.5, 0.6) is 0 Å². The Morgan fingerprint density at radius 3 is 3.07 bits per heavy atom. The summed E-state index contributed by atoms with van der Waals surface area (Å²) in [4.78, 5) is 11.8. The quantitative estimate of drug-likeness (QED) is 0.768. The van der Waals surface area contributed by atoms with Gasteiger partial charge in [-0.15, -0.1) is 0 Å². The molecule has 3 rings (SSSR count). The van der Waals surface area contributed by atoms with E-state index in [0.717, 1.165) is 16.5 Å². The van der Waals surface area contributed by atoms with Crippen molar-refractivity contribution in [3.05, 3.63) is 33.8 Å². The summed E-state index contributed by atoms with van der Waals surface area (Å²) in [6, 6.07) is 6.34. The molecule has 1 fully saturated rings. The van der Waals surface area contributed by atoms with Gasteiger partial charge in [0.2, 0.25) is 0 Å². The van der Waals surface area contributed by atoms with Crippen molar-refractivity contribution in [2.75, 3.05) is 0 Å². The molecule has 2 nitrogen and oxygen atoms in total. The number of hydrogen-bond acceptors (Lipinski definition) is 1. The number of amides is 1. The standard InChI is InChI=1S/C12H12BrNO/c13-7-4-5-9-10(6-7)8-2-1-3-11(8)14-12(9)15/h4-6,8,11H,1-3H2,(H,14,15)/t8-,11-/m1/s1. The minimum atomic E-state index is 0.0978. The van der Waals surface area contributed by atoms with Crippen LogP contribution in [0.25, 0.3) is 0 Å². The van der Waals surface area contributed by atoms with Crippen molar-refractivity contribution in [1.82, 2.24) is 5.32 Å². The topological polar surface area (TPSA) is 29.1 Å². The smallest absolute Gasteiger partial charge is 0.251 e. The van der Waals surface area contributed by atoms with Crippen LogP contribution in [-0.2, 0) is 0 Å². The highest BCUT2D eigenvalue weighted by Crippen LogP contribution is 2.40. The summed E-state index contributed by atoms with van der Waals surface area (Å²) in [5.74, 6) is 0.635. The van der Waals surface area contributed by atoms with E-state index in [0.29, 0.717) is 12.0 Å². The summed E-state index contributed by atoms with van der Waals surface area (Å²) in [6.45, 7) is 0. The Balaban J connectivity index is 2.15. The van der Waals surface area contributed by atoms with Crippen LogP contribution in [0.3, 0.4) is 0 Å². The number of rotatable bonds is 0. The van der Waals surface area contributed by atoms with Crippen LogP contribution in [0.4, 0.5) is 0 Å². The first-order valence-corrected chi connectivity index (χ1v) is 6.15. The van der Waals surface area contributed by atoms with E-state index in [-0.39, 0.29) is 5.91 Å². The fourth-order valence-electron chi connectivity index (χ4n) is 2.80. The molecule has 1 N–H and O–H groups in total. The molecular weight excluding hydrogens is 254 g/mol. The van der Waals surface area contributed by atoms with E-state index in [1.807, 2.05) is 12.1 Å². The predicted octanol–water partition coefficient (Wildman–Crippen LogP) is 2.83. The second-order valence-electron chi connectivity index (χ2n) is 4.35. The summed E-state index contributed by atoms with van der Waals surface area (Å²) >= 11 is 3.48. The van der Waals surface area contributed by atoms with Crippen molar-refractivity contribution < 1.29 is 4.79 Å². The van der Waals surface area contributed by atoms with E-state index in [9.17, 15) is 4.79 Å². The van der Waals surface area contributed by atoms with E-state index in [4.69, 9.17) is 0 Å². The van der Waals surface area contributed by atoms with Gasteiger partial charge in [-0.1, -0.05) is 22.4 Å². The number of benzene rings is 1. The second kappa shape index (κ2) is 3.34. The molecule has 1 amide bonds. The van der Waals surface area contributed by atoms with Gasteiger partial charge in [-0.3, -0.25) is 4.79 Å². The third-order valence-electron chi connectivity index (χ3n) is 3.49. The van der Waals surface area contributed by atoms with Crippen LogP contribution in [0.1, 0.15) is 41.1 Å². The molecule has 78 valence electrons. The summed E-state index contributed by atoms with van der Waals surface area (Å²) < 4.78 is 1.07. The molecule has 2 atom stereocenters. The van der Waals surface area contributed by atoms with Gasteiger partial charge in [0, 0.05) is 22.0 Å². The molecule has 0 saturated heterocycles. The molecule has 2 aliphatic rings. The third-order valence-corrected chi connectivity index (χ3v) is 3.98. The lowest BCUT2D eigenvalue weighted by molar-refractivity contribution is 0.0920. The Morgan fingerprint density at radius 2 is 2.20 bits per heavy atom. The monoisotopic (exact) mass is 265 g/mol. The van der Waals surface area contributed by atoms with E-state index in [1.165, 1.54) is 18.4 Å². The van der Waals surface area contributed by atoms with Crippen molar-refractivity contribution in [1.29, 1.82) is 0 Å². The number of carbonyl (C=O) groups excluding carboxylic acids is 1. The summed E-state index contributed by atoms with van der Waals surface area (Å²) in [5.41, 5.74) is 2.09. The number of fused-ring (bicyclic) bond motifs is 3. The zero-order valence-electron chi connectivity index (χ0n) is 8.29. The number of carbonyl (C=O) groups is 1. The van der Waals surface area contributed by atoms with Gasteiger partial charge in [-0.05, 0) is 36.6 Å². The molecule has 0 aromatic heterocycles. The van der Waals surface area contributed by atoms with Crippen molar-refractivity contribution in [2.24, 2.45) is 0 Å². The van der Waals surface area contributed by atoms with Gasteiger partial charge in [0.05, 0.1) is 0 Å². The largest absolute Gasteiger partial charge is 0.349 e. The Labute approximate surface area is 97.2 Å². The molecular formula is C12H12BrNO. The lowest BCUT2D eigenvalue weighted by Crippen LogP contribution is -2.41. The van der Waals surface area contributed by atoms with Gasteiger partial charge in [-0.2, -0.15) is 0 Å². The van der Waals surface area contributed by atoms with E-state index >= 15 is 0 Å². The highest BCUT2D eigenvalue weighted by atomic mass is 79.9. The van der Waals surface area contributed by atoms with Crippen LogP contribution in [-0.4, -0.2) is 11.9 Å². The van der Waals surface area contributed by atoms with E-state index in [2.05, 4.69) is 27.3 Å². The molecule has 0 radical (unpaired) electrons. The Hall–Kier alpha value is -0.830. The second-order valence-corrected chi connectivity index (χ2v) is 5.26. The number of halogens is 1. The molecule has 1 aromatic carbocycles. The van der Waals surface area contributed by atoms with Gasteiger partial charge in [0.25, 0.3) is 5.91 Å². The van der Waals surface area contributed by atoms with Crippen LogP contribution in [0.2, 0.25) is 0 Å². The summed E-state index contributed by atoms with van der Waals surface area (Å²) in [6.07, 6.45) is 3.55. The molecule has 3 heteroatoms. The Kier molecular flexibility index (Phi) is 2.09. The van der Waals surface area contributed by atoms with Crippen molar-refractivity contribution in [3.8, 4) is 0 Å². The average molecular weight is 266 g/mol. The average Bonchev–Trinajstić information content (AvgIpc) is 2.65. The molecule has 1 aliphatic carbocycles. The third kappa shape index (κ3) is 1.41. The molecule has 1 heterocycles. The SMILES string of the molecule is O=C1N[C@@H]2CCC[C@@H]2c2cc(Br)ccc21. The van der Waals surface area contributed by atoms with Crippen LogP contribution < -0.4 is 5.32 Å². The molecule has 1 aliphatic heterocycles. The molecule has 0 bridgehead atoms. The van der Waals surface area contributed by atoms with E-state index < -0.39 is 0 Å². The maximum atomic E-state index is 11.8. The fraction of sp³-hybridized carbons (Fsp3) is 0.417. The van der Waals surface area contributed by atoms with Gasteiger partial charge < -0.3 is 5.32 Å². The van der Waals surface area contributed by atoms with Crippen molar-refractivity contribution >= 4 is 21.8 Å². The number of nitrogens with one attached hydrogen (secondary N) is 1. The zero-order valence-corrected chi connectivity index (χ0v) is 9.88. The van der Waals surface area contributed by atoms with Crippen molar-refractivity contribution in [3.63, 3.8) is 0 Å². The Morgan fingerprint density at radius 1 is 1.33 bits per heavy atom. The fourth-order valence-corrected chi connectivity index (χ4v) is 3.18. The minimum Gasteiger partial charge on any atom is -0.349 e. The minimum absolute atomic E-state index is 0.0978. The lowest BCUT2D eigenvalue weighted by Gasteiger charge is -2.29. The van der Waals surface area contributed by atoms with Crippen LogP contribution in [0.15, 0.2) is 22.7 Å². The first kappa shape index (κ1) is 9.40. The maximum absolute atomic E-state index is 11.8. The molecule has 15 heavy (non-hydrogen) atoms. The highest BCUT2D eigenvalue weighted by molar-refractivity contribution is 9.10. The Bertz CT molecular complexity index is 430.